The number of hydrogen-bond donors (Lipinski definition) is 1. The lowest BCUT2D eigenvalue weighted by molar-refractivity contribution is 0.345. The Morgan fingerprint density at radius 2 is 1.84 bits per heavy atom. The summed E-state index contributed by atoms with van der Waals surface area (Å²) in [6, 6.07) is 3.49. The second-order valence-electron chi connectivity index (χ2n) is 5.32. The van der Waals surface area contributed by atoms with Gasteiger partial charge in [0.2, 0.25) is 10.0 Å². The second kappa shape index (κ2) is 7.75. The average Bonchev–Trinajstić information content (AvgIpc) is 2.93. The SMILES string of the molecule is COc1cc(CCNS(=O)(=O)c2c(C)noc2C)c(OC)c(OC)c1. The molecule has 25 heavy (non-hydrogen) atoms. The molecule has 2 rings (SSSR count). The fourth-order valence-electron chi connectivity index (χ4n) is 2.57. The Hall–Kier alpha value is -2.26. The van der Waals surface area contributed by atoms with Gasteiger partial charge in [-0.2, -0.15) is 0 Å². The minimum absolute atomic E-state index is 0.0719. The smallest absolute Gasteiger partial charge is 0.245 e. The molecule has 0 spiro atoms. The molecule has 2 aromatic rings. The van der Waals surface area contributed by atoms with Crippen LogP contribution in [0.15, 0.2) is 21.6 Å². The zero-order chi connectivity index (χ0) is 18.6. The van der Waals surface area contributed by atoms with Crippen molar-refractivity contribution < 1.29 is 27.2 Å². The largest absolute Gasteiger partial charge is 0.497 e. The molecule has 0 aliphatic rings. The summed E-state index contributed by atoms with van der Waals surface area (Å²) in [4.78, 5) is 0.0719. The number of aryl methyl sites for hydroxylation is 2. The van der Waals surface area contributed by atoms with E-state index in [9.17, 15) is 8.42 Å². The van der Waals surface area contributed by atoms with E-state index in [2.05, 4.69) is 9.88 Å². The summed E-state index contributed by atoms with van der Waals surface area (Å²) >= 11 is 0. The molecule has 0 atom stereocenters. The number of sulfonamides is 1. The lowest BCUT2D eigenvalue weighted by atomic mass is 10.1. The van der Waals surface area contributed by atoms with Gasteiger partial charge < -0.3 is 18.7 Å². The molecule has 1 heterocycles. The fraction of sp³-hybridized carbons (Fsp3) is 0.438. The first-order chi connectivity index (χ1) is 11.8. The van der Waals surface area contributed by atoms with Gasteiger partial charge in [-0.1, -0.05) is 5.16 Å². The van der Waals surface area contributed by atoms with Gasteiger partial charge in [0.25, 0.3) is 0 Å². The van der Waals surface area contributed by atoms with Crippen LogP contribution < -0.4 is 18.9 Å². The molecule has 1 aromatic carbocycles. The monoisotopic (exact) mass is 370 g/mol. The van der Waals surface area contributed by atoms with E-state index < -0.39 is 10.0 Å². The van der Waals surface area contributed by atoms with Crippen molar-refractivity contribution in [2.75, 3.05) is 27.9 Å². The van der Waals surface area contributed by atoms with Crippen LogP contribution in [0.3, 0.4) is 0 Å². The molecule has 0 bridgehead atoms. The molecule has 0 saturated carbocycles. The van der Waals surface area contributed by atoms with Gasteiger partial charge >= 0.3 is 0 Å². The van der Waals surface area contributed by atoms with Gasteiger partial charge in [0, 0.05) is 18.2 Å². The van der Waals surface area contributed by atoms with E-state index in [4.69, 9.17) is 18.7 Å². The van der Waals surface area contributed by atoms with Crippen LogP contribution in [0.2, 0.25) is 0 Å². The molecule has 0 aliphatic carbocycles. The van der Waals surface area contributed by atoms with Crippen LogP contribution in [-0.2, 0) is 16.4 Å². The van der Waals surface area contributed by atoms with Gasteiger partial charge in [-0.25, -0.2) is 13.1 Å². The van der Waals surface area contributed by atoms with Crippen molar-refractivity contribution in [2.24, 2.45) is 0 Å². The highest BCUT2D eigenvalue weighted by molar-refractivity contribution is 7.89. The lowest BCUT2D eigenvalue weighted by Crippen LogP contribution is -2.27. The maximum Gasteiger partial charge on any atom is 0.245 e. The van der Waals surface area contributed by atoms with E-state index in [-0.39, 0.29) is 17.2 Å². The molecule has 8 nitrogen and oxygen atoms in total. The zero-order valence-corrected chi connectivity index (χ0v) is 15.7. The molecule has 0 aliphatic heterocycles. The minimum atomic E-state index is -3.71. The topological polar surface area (TPSA) is 99.9 Å². The first kappa shape index (κ1) is 19.1. The number of benzene rings is 1. The van der Waals surface area contributed by atoms with Crippen LogP contribution >= 0.6 is 0 Å². The molecule has 0 radical (unpaired) electrons. The third-order valence-corrected chi connectivity index (χ3v) is 5.39. The van der Waals surface area contributed by atoms with Crippen LogP contribution in [0, 0.1) is 13.8 Å². The summed E-state index contributed by atoms with van der Waals surface area (Å²) in [5, 5.41) is 3.67. The quantitative estimate of drug-likeness (QED) is 0.757. The highest BCUT2D eigenvalue weighted by Crippen LogP contribution is 2.35. The highest BCUT2D eigenvalue weighted by Gasteiger charge is 2.24. The van der Waals surface area contributed by atoms with Crippen molar-refractivity contribution in [3.8, 4) is 17.2 Å². The molecule has 0 amide bonds. The first-order valence-corrected chi connectivity index (χ1v) is 9.03. The number of nitrogens with zero attached hydrogens (tertiary/aromatic N) is 1. The Labute approximate surface area is 147 Å². The number of hydrogen-bond acceptors (Lipinski definition) is 7. The second-order valence-corrected chi connectivity index (χ2v) is 7.03. The van der Waals surface area contributed by atoms with Crippen molar-refractivity contribution in [3.05, 3.63) is 29.2 Å². The predicted octanol–water partition coefficient (Wildman–Crippen LogP) is 1.84. The van der Waals surface area contributed by atoms with Crippen molar-refractivity contribution in [3.63, 3.8) is 0 Å². The van der Waals surface area contributed by atoms with Crippen molar-refractivity contribution >= 4 is 10.0 Å². The van der Waals surface area contributed by atoms with E-state index in [1.165, 1.54) is 14.2 Å². The number of nitrogens with one attached hydrogen (secondary N) is 1. The van der Waals surface area contributed by atoms with Crippen LogP contribution in [0.25, 0.3) is 0 Å². The zero-order valence-electron chi connectivity index (χ0n) is 14.9. The summed E-state index contributed by atoms with van der Waals surface area (Å²) in [6.45, 7) is 3.31. The van der Waals surface area contributed by atoms with Gasteiger partial charge in [-0.15, -0.1) is 0 Å². The summed E-state index contributed by atoms with van der Waals surface area (Å²) in [5.74, 6) is 1.91. The Kier molecular flexibility index (Phi) is 5.91. The Morgan fingerprint density at radius 3 is 2.36 bits per heavy atom. The molecular formula is C16H22N2O6S. The Morgan fingerprint density at radius 1 is 1.12 bits per heavy atom. The van der Waals surface area contributed by atoms with Crippen molar-refractivity contribution in [2.45, 2.75) is 25.2 Å². The summed E-state index contributed by atoms with van der Waals surface area (Å²) < 4.78 is 48.3. The number of aromatic nitrogens is 1. The van der Waals surface area contributed by atoms with E-state index in [1.54, 1.807) is 33.1 Å². The van der Waals surface area contributed by atoms with E-state index in [0.717, 1.165) is 5.56 Å². The standard InChI is InChI=1S/C16H22N2O6S/c1-10-16(11(2)24-18-10)25(19,20)17-7-6-12-8-13(21-3)9-14(22-4)15(12)23-5/h8-9,17H,6-7H2,1-5H3. The molecule has 1 N–H and O–H groups in total. The molecular weight excluding hydrogens is 348 g/mol. The molecule has 0 unspecified atom stereocenters. The van der Waals surface area contributed by atoms with Crippen molar-refractivity contribution in [1.29, 1.82) is 0 Å². The number of methoxy groups -OCH3 is 3. The van der Waals surface area contributed by atoms with Crippen LogP contribution in [-0.4, -0.2) is 41.4 Å². The highest BCUT2D eigenvalue weighted by atomic mass is 32.2. The molecule has 138 valence electrons. The van der Waals surface area contributed by atoms with Gasteiger partial charge in [0.1, 0.15) is 16.3 Å². The van der Waals surface area contributed by atoms with E-state index in [0.29, 0.717) is 29.4 Å². The van der Waals surface area contributed by atoms with Gasteiger partial charge in [0.05, 0.1) is 21.3 Å². The summed E-state index contributed by atoms with van der Waals surface area (Å²) in [6.07, 6.45) is 0.388. The number of rotatable bonds is 8. The minimum Gasteiger partial charge on any atom is -0.497 e. The predicted molar refractivity (Wildman–Crippen MR) is 91.0 cm³/mol. The first-order valence-electron chi connectivity index (χ1n) is 7.55. The van der Waals surface area contributed by atoms with Gasteiger partial charge in [-0.05, 0) is 26.3 Å². The maximum atomic E-state index is 12.4. The normalized spacial score (nSPS) is 11.4. The summed E-state index contributed by atoms with van der Waals surface area (Å²) in [5.41, 5.74) is 1.09. The molecule has 1 aromatic heterocycles. The van der Waals surface area contributed by atoms with Gasteiger partial charge in [0.15, 0.2) is 17.3 Å². The fourth-order valence-corrected chi connectivity index (χ4v) is 3.93. The average molecular weight is 370 g/mol. The third-order valence-electron chi connectivity index (χ3n) is 3.69. The molecule has 0 saturated heterocycles. The Bertz CT molecular complexity index is 825. The number of ether oxygens (including phenoxy) is 3. The third kappa shape index (κ3) is 4.05. The Balaban J connectivity index is 2.19. The lowest BCUT2D eigenvalue weighted by Gasteiger charge is -2.15. The van der Waals surface area contributed by atoms with E-state index in [1.807, 2.05) is 0 Å². The van der Waals surface area contributed by atoms with Crippen LogP contribution in [0.5, 0.6) is 17.2 Å². The van der Waals surface area contributed by atoms with E-state index >= 15 is 0 Å². The van der Waals surface area contributed by atoms with Gasteiger partial charge in [-0.3, -0.25) is 0 Å². The maximum absolute atomic E-state index is 12.4. The van der Waals surface area contributed by atoms with Crippen LogP contribution in [0.1, 0.15) is 17.0 Å². The van der Waals surface area contributed by atoms with Crippen LogP contribution in [0.4, 0.5) is 0 Å². The molecule has 9 heteroatoms. The van der Waals surface area contributed by atoms with Crippen molar-refractivity contribution in [1.82, 2.24) is 9.88 Å². The summed E-state index contributed by atoms with van der Waals surface area (Å²) in [7, 11) is 0.897. The molecule has 0 fully saturated rings.